The molecule has 0 N–H and O–H groups in total. The fraction of sp³-hybridized carbons (Fsp3) is 0.611. The van der Waals surface area contributed by atoms with Gasteiger partial charge in [-0.3, -0.25) is 14.6 Å². The van der Waals surface area contributed by atoms with Gasteiger partial charge >= 0.3 is 0 Å². The molecule has 2 aliphatic rings. The number of pyridine rings is 1. The Kier molecular flexibility index (Phi) is 4.13. The quantitative estimate of drug-likeness (QED) is 0.853. The van der Waals surface area contributed by atoms with Gasteiger partial charge < -0.3 is 9.80 Å². The summed E-state index contributed by atoms with van der Waals surface area (Å²) in [5.41, 5.74) is 0.945. The van der Waals surface area contributed by atoms with E-state index in [2.05, 4.69) is 4.98 Å². The minimum atomic E-state index is 0.0323. The molecule has 5 heteroatoms. The van der Waals surface area contributed by atoms with Gasteiger partial charge in [-0.25, -0.2) is 0 Å². The lowest BCUT2D eigenvalue weighted by atomic mass is 10.0. The van der Waals surface area contributed by atoms with Crippen molar-refractivity contribution >= 4 is 11.8 Å². The number of aromatic nitrogens is 1. The molecule has 3 rings (SSSR count). The van der Waals surface area contributed by atoms with E-state index in [1.54, 1.807) is 11.1 Å². The van der Waals surface area contributed by atoms with Gasteiger partial charge in [0, 0.05) is 43.6 Å². The number of amides is 2. The van der Waals surface area contributed by atoms with Crippen molar-refractivity contribution in [2.45, 2.75) is 33.2 Å². The third kappa shape index (κ3) is 3.09. The first kappa shape index (κ1) is 16.0. The summed E-state index contributed by atoms with van der Waals surface area (Å²) in [5, 5.41) is 0. The van der Waals surface area contributed by atoms with Crippen LogP contribution in [0.2, 0.25) is 0 Å². The van der Waals surface area contributed by atoms with E-state index in [0.717, 1.165) is 31.6 Å². The molecule has 1 spiro atoms. The summed E-state index contributed by atoms with van der Waals surface area (Å²) in [6.07, 6.45) is 3.62. The molecule has 2 fully saturated rings. The third-order valence-electron chi connectivity index (χ3n) is 5.18. The van der Waals surface area contributed by atoms with Crippen LogP contribution in [0.4, 0.5) is 0 Å². The van der Waals surface area contributed by atoms with Gasteiger partial charge in [-0.1, -0.05) is 19.9 Å². The molecule has 1 saturated carbocycles. The maximum atomic E-state index is 12.7. The average molecular weight is 315 g/mol. The summed E-state index contributed by atoms with van der Waals surface area (Å²) in [5.74, 6) is 0.502. The Morgan fingerprint density at radius 3 is 2.87 bits per heavy atom. The van der Waals surface area contributed by atoms with Gasteiger partial charge in [-0.05, 0) is 25.0 Å². The van der Waals surface area contributed by atoms with Gasteiger partial charge in [-0.2, -0.15) is 0 Å². The van der Waals surface area contributed by atoms with Crippen LogP contribution in [0.3, 0.4) is 0 Å². The smallest absolute Gasteiger partial charge is 0.226 e. The van der Waals surface area contributed by atoms with E-state index >= 15 is 0 Å². The number of rotatable bonds is 4. The van der Waals surface area contributed by atoms with Crippen LogP contribution in [0, 0.1) is 17.3 Å². The predicted octanol–water partition coefficient (Wildman–Crippen LogP) is 1.93. The monoisotopic (exact) mass is 315 g/mol. The number of nitrogens with zero attached hydrogens (tertiary/aromatic N) is 3. The summed E-state index contributed by atoms with van der Waals surface area (Å²) in [7, 11) is 1.84. The molecule has 0 radical (unpaired) electrons. The number of hydrogen-bond donors (Lipinski definition) is 0. The minimum absolute atomic E-state index is 0.0323. The summed E-state index contributed by atoms with van der Waals surface area (Å²) in [4.78, 5) is 32.8. The van der Waals surface area contributed by atoms with Gasteiger partial charge in [0.15, 0.2) is 0 Å². The Morgan fingerprint density at radius 2 is 2.22 bits per heavy atom. The zero-order valence-corrected chi connectivity index (χ0v) is 14.2. The van der Waals surface area contributed by atoms with Crippen molar-refractivity contribution in [1.29, 1.82) is 0 Å². The molecular formula is C18H25N3O2. The number of hydrogen-bond acceptors (Lipinski definition) is 3. The summed E-state index contributed by atoms with van der Waals surface area (Å²) in [6, 6.07) is 5.75. The highest BCUT2D eigenvalue weighted by atomic mass is 16.2. The van der Waals surface area contributed by atoms with Gasteiger partial charge in [0.05, 0.1) is 12.2 Å². The maximum Gasteiger partial charge on any atom is 0.226 e. The van der Waals surface area contributed by atoms with Crippen molar-refractivity contribution < 1.29 is 9.59 Å². The molecule has 2 amide bonds. The molecule has 1 aliphatic carbocycles. The maximum absolute atomic E-state index is 12.7. The SMILES string of the molecule is CC(C)C(=O)N1CC[C@@]2(C[C@@H]2C(=O)N(C)Cc2ccccn2)C1. The van der Waals surface area contributed by atoms with E-state index in [0.29, 0.717) is 6.54 Å². The van der Waals surface area contributed by atoms with Crippen LogP contribution >= 0.6 is 0 Å². The first-order valence-electron chi connectivity index (χ1n) is 8.37. The summed E-state index contributed by atoms with van der Waals surface area (Å²) >= 11 is 0. The molecule has 0 unspecified atom stereocenters. The summed E-state index contributed by atoms with van der Waals surface area (Å²) in [6.45, 7) is 5.95. The van der Waals surface area contributed by atoms with Gasteiger partial charge in [0.2, 0.25) is 11.8 Å². The van der Waals surface area contributed by atoms with Gasteiger partial charge in [0.25, 0.3) is 0 Å². The molecule has 1 aromatic rings. The van der Waals surface area contributed by atoms with Crippen molar-refractivity contribution in [2.75, 3.05) is 20.1 Å². The van der Waals surface area contributed by atoms with Crippen LogP contribution in [0.25, 0.3) is 0 Å². The topological polar surface area (TPSA) is 53.5 Å². The normalized spacial score (nSPS) is 25.9. The molecule has 1 aliphatic heterocycles. The van der Waals surface area contributed by atoms with E-state index in [4.69, 9.17) is 0 Å². The van der Waals surface area contributed by atoms with Crippen molar-refractivity contribution in [1.82, 2.24) is 14.8 Å². The van der Waals surface area contributed by atoms with Crippen LogP contribution in [-0.4, -0.2) is 46.7 Å². The number of likely N-dealkylation sites (tertiary alicyclic amines) is 1. The fourth-order valence-corrected chi connectivity index (χ4v) is 3.68. The highest BCUT2D eigenvalue weighted by Gasteiger charge is 2.61. The molecular weight excluding hydrogens is 290 g/mol. The lowest BCUT2D eigenvalue weighted by molar-refractivity contribution is -0.135. The Labute approximate surface area is 137 Å². The second kappa shape index (κ2) is 5.95. The van der Waals surface area contributed by atoms with Crippen molar-refractivity contribution in [2.24, 2.45) is 17.3 Å². The van der Waals surface area contributed by atoms with Crippen LogP contribution < -0.4 is 0 Å². The van der Waals surface area contributed by atoms with Gasteiger partial charge in [0.1, 0.15) is 0 Å². The molecule has 1 saturated heterocycles. The Bertz CT molecular complexity index is 602. The van der Waals surface area contributed by atoms with E-state index in [9.17, 15) is 9.59 Å². The molecule has 5 nitrogen and oxygen atoms in total. The zero-order chi connectivity index (χ0) is 16.6. The van der Waals surface area contributed by atoms with E-state index < -0.39 is 0 Å². The molecule has 23 heavy (non-hydrogen) atoms. The number of carbonyl (C=O) groups excluding carboxylic acids is 2. The van der Waals surface area contributed by atoms with E-state index in [-0.39, 0.29) is 29.1 Å². The minimum Gasteiger partial charge on any atom is -0.342 e. The standard InChI is InChI=1S/C18H25N3O2/c1-13(2)16(22)21-9-7-18(12-21)10-15(18)17(23)20(3)11-14-6-4-5-8-19-14/h4-6,8,13,15H,7,9-12H2,1-3H3/t15-,18-/m1/s1. The van der Waals surface area contributed by atoms with Crippen molar-refractivity contribution in [3.8, 4) is 0 Å². The van der Waals surface area contributed by atoms with E-state index in [1.165, 1.54) is 0 Å². The highest BCUT2D eigenvalue weighted by molar-refractivity contribution is 5.83. The molecule has 0 aromatic carbocycles. The lowest BCUT2D eigenvalue weighted by Gasteiger charge is -2.20. The largest absolute Gasteiger partial charge is 0.342 e. The third-order valence-corrected chi connectivity index (χ3v) is 5.18. The Morgan fingerprint density at radius 1 is 1.43 bits per heavy atom. The van der Waals surface area contributed by atoms with Crippen LogP contribution in [0.1, 0.15) is 32.4 Å². The van der Waals surface area contributed by atoms with E-state index in [1.807, 2.05) is 44.0 Å². The molecule has 124 valence electrons. The Balaban J connectivity index is 1.58. The molecule has 0 bridgehead atoms. The lowest BCUT2D eigenvalue weighted by Crippen LogP contribution is -2.34. The zero-order valence-electron chi connectivity index (χ0n) is 14.2. The molecule has 1 aromatic heterocycles. The van der Waals surface area contributed by atoms with Crippen molar-refractivity contribution in [3.63, 3.8) is 0 Å². The Hall–Kier alpha value is -1.91. The fourth-order valence-electron chi connectivity index (χ4n) is 3.68. The first-order chi connectivity index (χ1) is 10.9. The summed E-state index contributed by atoms with van der Waals surface area (Å²) < 4.78 is 0. The average Bonchev–Trinajstić information content (AvgIpc) is 3.06. The second-order valence-electron chi connectivity index (χ2n) is 7.30. The van der Waals surface area contributed by atoms with Crippen LogP contribution in [0.15, 0.2) is 24.4 Å². The van der Waals surface area contributed by atoms with Crippen LogP contribution in [0.5, 0.6) is 0 Å². The predicted molar refractivity (Wildman–Crippen MR) is 87.3 cm³/mol. The highest BCUT2D eigenvalue weighted by Crippen LogP contribution is 2.59. The second-order valence-corrected chi connectivity index (χ2v) is 7.30. The van der Waals surface area contributed by atoms with Crippen molar-refractivity contribution in [3.05, 3.63) is 30.1 Å². The molecule has 2 heterocycles. The first-order valence-corrected chi connectivity index (χ1v) is 8.37. The number of carbonyl (C=O) groups is 2. The van der Waals surface area contributed by atoms with Gasteiger partial charge in [-0.15, -0.1) is 0 Å². The van der Waals surface area contributed by atoms with Crippen LogP contribution in [-0.2, 0) is 16.1 Å². The molecule has 2 atom stereocenters.